The van der Waals surface area contributed by atoms with E-state index >= 15 is 0 Å². The Morgan fingerprint density at radius 3 is 1.97 bits per heavy atom. The van der Waals surface area contributed by atoms with E-state index in [1.54, 1.807) is 0 Å². The Labute approximate surface area is 399 Å². The molecule has 2 atom stereocenters. The van der Waals surface area contributed by atoms with Crippen molar-refractivity contribution in [2.24, 2.45) is 0 Å². The van der Waals surface area contributed by atoms with Crippen LogP contribution in [0.15, 0.2) is 184 Å². The Morgan fingerprint density at radius 2 is 1.21 bits per heavy atom. The molecule has 10 aromatic rings. The summed E-state index contributed by atoms with van der Waals surface area (Å²) in [5, 5.41) is 5.47. The molecular formula is C62H49BN4S. The van der Waals surface area contributed by atoms with Crippen molar-refractivity contribution in [2.75, 3.05) is 9.80 Å². The average Bonchev–Trinajstić information content (AvgIpc) is 3.99. The van der Waals surface area contributed by atoms with Gasteiger partial charge in [0.25, 0.3) is 6.71 Å². The van der Waals surface area contributed by atoms with Gasteiger partial charge in [0.05, 0.1) is 39.3 Å². The largest absolute Gasteiger partial charge is 0.313 e. The van der Waals surface area contributed by atoms with E-state index in [1.165, 1.54) is 137 Å². The van der Waals surface area contributed by atoms with E-state index < -0.39 is 10.9 Å². The lowest BCUT2D eigenvalue weighted by molar-refractivity contribution is 0.589. The Morgan fingerprint density at radius 1 is 0.544 bits per heavy atom. The summed E-state index contributed by atoms with van der Waals surface area (Å²) in [5.74, 6) is 0.263. The second-order valence-electron chi connectivity index (χ2n) is 22.1. The molecule has 2 unspecified atom stereocenters. The molecule has 6 heteroatoms. The number of thiol groups is 1. The van der Waals surface area contributed by atoms with Crippen molar-refractivity contribution in [3.05, 3.63) is 186 Å². The summed E-state index contributed by atoms with van der Waals surface area (Å²) in [6.45, 7) is 14.4. The number of benzene rings is 8. The van der Waals surface area contributed by atoms with E-state index in [0.29, 0.717) is 0 Å². The topological polar surface area (TPSA) is 16.3 Å². The predicted molar refractivity (Wildman–Crippen MR) is 289 cm³/mol. The minimum atomic E-state index is -0.962. The number of anilines is 5. The Kier molecular flexibility index (Phi) is 6.96. The molecule has 0 fully saturated rings. The number of fused-ring (bicyclic) bond motifs is 14. The highest BCUT2D eigenvalue weighted by Gasteiger charge is 2.50. The highest BCUT2D eigenvalue weighted by molar-refractivity contribution is 8.17. The molecule has 6 aliphatic rings. The first-order valence-corrected chi connectivity index (χ1v) is 25.9. The number of rotatable bonds is 2. The summed E-state index contributed by atoms with van der Waals surface area (Å²) in [5.41, 5.74) is 24.3. The lowest BCUT2D eigenvalue weighted by atomic mass is 9.34. The molecule has 0 radical (unpaired) electrons. The summed E-state index contributed by atoms with van der Waals surface area (Å²) in [4.78, 5) is 9.63. The maximum absolute atomic E-state index is 2.80. The number of para-hydroxylation sites is 4. The maximum Gasteiger partial charge on any atom is 0.252 e. The number of allylic oxidation sites excluding steroid dienone is 4. The summed E-state index contributed by atoms with van der Waals surface area (Å²) < 4.78 is 5.50. The van der Waals surface area contributed by atoms with Gasteiger partial charge in [-0.15, -0.1) is 0 Å². The minimum Gasteiger partial charge on any atom is -0.313 e. The van der Waals surface area contributed by atoms with Gasteiger partial charge in [0.15, 0.2) is 0 Å². The van der Waals surface area contributed by atoms with Crippen molar-refractivity contribution in [3.63, 3.8) is 0 Å². The van der Waals surface area contributed by atoms with Crippen LogP contribution in [0.5, 0.6) is 0 Å². The lowest BCUT2D eigenvalue weighted by Gasteiger charge is -2.46. The zero-order valence-electron chi connectivity index (χ0n) is 39.2. The van der Waals surface area contributed by atoms with Crippen molar-refractivity contribution < 1.29 is 0 Å². The fourth-order valence-corrected chi connectivity index (χ4v) is 16.4. The van der Waals surface area contributed by atoms with Crippen LogP contribution < -0.4 is 26.2 Å². The number of nitrogens with zero attached hydrogens (tertiary/aromatic N) is 4. The fourth-order valence-electron chi connectivity index (χ4n) is 13.5. The first-order valence-electron chi connectivity index (χ1n) is 24.5. The predicted octanol–water partition coefficient (Wildman–Crippen LogP) is 14.3. The summed E-state index contributed by atoms with van der Waals surface area (Å²) >= 11 is 0. The molecule has 0 bridgehead atoms. The van der Waals surface area contributed by atoms with Gasteiger partial charge in [-0.2, -0.15) is 10.9 Å². The Balaban J connectivity index is 1.15. The summed E-state index contributed by atoms with van der Waals surface area (Å²) in [6, 6.07) is 56.7. The van der Waals surface area contributed by atoms with Crippen LogP contribution >= 0.6 is 10.9 Å². The molecule has 1 aliphatic carbocycles. The molecule has 0 saturated heterocycles. The average molecular weight is 893 g/mol. The van der Waals surface area contributed by atoms with Crippen LogP contribution in [-0.4, -0.2) is 15.8 Å². The third kappa shape index (κ3) is 4.47. The first kappa shape index (κ1) is 37.9. The van der Waals surface area contributed by atoms with E-state index in [0.717, 1.165) is 6.42 Å². The van der Waals surface area contributed by atoms with Gasteiger partial charge < -0.3 is 18.9 Å². The van der Waals surface area contributed by atoms with Gasteiger partial charge >= 0.3 is 0 Å². The van der Waals surface area contributed by atoms with Crippen molar-refractivity contribution in [1.82, 2.24) is 9.13 Å². The van der Waals surface area contributed by atoms with Gasteiger partial charge in [-0.3, -0.25) is 0 Å². The number of aromatic nitrogens is 2. The monoisotopic (exact) mass is 892 g/mol. The molecule has 326 valence electrons. The second kappa shape index (κ2) is 12.5. The zero-order valence-corrected chi connectivity index (χ0v) is 40.1. The smallest absolute Gasteiger partial charge is 0.252 e. The van der Waals surface area contributed by atoms with Crippen LogP contribution in [-0.2, 0) is 10.8 Å². The molecule has 0 N–H and O–H groups in total. The maximum atomic E-state index is 2.80. The van der Waals surface area contributed by atoms with Crippen LogP contribution in [0.1, 0.15) is 70.6 Å². The van der Waals surface area contributed by atoms with Crippen LogP contribution in [0.25, 0.3) is 55.0 Å². The molecule has 0 saturated carbocycles. The highest BCUT2D eigenvalue weighted by Crippen LogP contribution is 2.69. The third-order valence-corrected chi connectivity index (χ3v) is 19.0. The molecule has 4 nitrogen and oxygen atoms in total. The first-order chi connectivity index (χ1) is 33.1. The molecule has 0 amide bonds. The molecule has 0 spiro atoms. The van der Waals surface area contributed by atoms with E-state index in [2.05, 4.69) is 224 Å². The zero-order chi connectivity index (χ0) is 45.3. The van der Waals surface area contributed by atoms with Crippen LogP contribution in [0, 0.1) is 0 Å². The van der Waals surface area contributed by atoms with Gasteiger partial charge in [0.1, 0.15) is 0 Å². The quantitative estimate of drug-likeness (QED) is 0.137. The molecule has 5 aliphatic heterocycles. The molecule has 7 heterocycles. The molecule has 16 rings (SSSR count). The normalized spacial score (nSPS) is 18.3. The third-order valence-electron chi connectivity index (χ3n) is 16.4. The Hall–Kier alpha value is -7.15. The van der Waals surface area contributed by atoms with Gasteiger partial charge in [-0.25, -0.2) is 0 Å². The van der Waals surface area contributed by atoms with Gasteiger partial charge in [-0.05, 0) is 123 Å². The molecule has 8 aromatic carbocycles. The summed E-state index contributed by atoms with van der Waals surface area (Å²) in [7, 11) is -0.962. The van der Waals surface area contributed by atoms with Crippen molar-refractivity contribution >= 4 is 106 Å². The van der Waals surface area contributed by atoms with Crippen LogP contribution in [0.3, 0.4) is 0 Å². The minimum absolute atomic E-state index is 0.0247. The van der Waals surface area contributed by atoms with Crippen molar-refractivity contribution in [3.8, 4) is 11.4 Å². The Bertz CT molecular complexity index is 4050. The SMILES string of the molecule is CC(C)(C)c1cc2c3c(c1)c1cc(C(C)(C)C)cc4c1n3-c1c3c(cc5c1[SH]4c1ccccc1N5c1ccccc1)-n1c4ccccc4c4c5c(cc(c41)B32)C1CC=CC=C1N5c1ccccc1. The van der Waals surface area contributed by atoms with E-state index in [1.807, 2.05) is 0 Å². The van der Waals surface area contributed by atoms with Crippen molar-refractivity contribution in [1.29, 1.82) is 0 Å². The summed E-state index contributed by atoms with van der Waals surface area (Å²) in [6.07, 6.45) is 8.03. The standard InChI is InChI=1S/C62H49BN4S/c1-61(2,3)35-29-41-42-30-36(62(4,5)6)32-52-56(42)67-55(41)44(31-35)63-45-33-43-39-23-13-15-25-46(39)65(38-21-11-8-12-22-38)57(43)53-40-24-14-16-26-47(40)66(58(45)53)49-34-50-60(59(67)54(49)63)68(52)51-28-18-17-27-48(51)64(50)37-19-9-7-10-20-37/h7-22,24-34,39,68H,23H2,1-6H3. The van der Waals surface area contributed by atoms with Crippen molar-refractivity contribution in [2.45, 2.75) is 79.4 Å². The second-order valence-corrected chi connectivity index (χ2v) is 24.2. The van der Waals surface area contributed by atoms with E-state index in [9.17, 15) is 0 Å². The fraction of sp³-hybridized carbons (Fsp3) is 0.161. The molecule has 2 aromatic heterocycles. The van der Waals surface area contributed by atoms with Gasteiger partial charge in [0.2, 0.25) is 0 Å². The van der Waals surface area contributed by atoms with E-state index in [-0.39, 0.29) is 23.5 Å². The van der Waals surface area contributed by atoms with E-state index in [4.69, 9.17) is 0 Å². The molecule has 68 heavy (non-hydrogen) atoms. The molecular weight excluding hydrogens is 844 g/mol. The lowest BCUT2D eigenvalue weighted by Crippen LogP contribution is -2.60. The number of hydrogen-bond donors (Lipinski definition) is 1. The van der Waals surface area contributed by atoms with Gasteiger partial charge in [0, 0.05) is 70.4 Å². The van der Waals surface area contributed by atoms with Gasteiger partial charge in [-0.1, -0.05) is 133 Å². The van der Waals surface area contributed by atoms with Crippen LogP contribution in [0.2, 0.25) is 0 Å². The number of hydrogen-bond acceptors (Lipinski definition) is 2. The van der Waals surface area contributed by atoms with Crippen LogP contribution in [0.4, 0.5) is 28.4 Å². The highest BCUT2D eigenvalue weighted by atomic mass is 32.2.